The van der Waals surface area contributed by atoms with Crippen molar-refractivity contribution in [1.82, 2.24) is 10.5 Å². The topological polar surface area (TPSA) is 93.8 Å². The Morgan fingerprint density at radius 3 is 2.63 bits per heavy atom. The number of nitrogens with one attached hydrogen (secondary N) is 1. The van der Waals surface area contributed by atoms with Crippen molar-refractivity contribution >= 4 is 28.2 Å². The zero-order valence-electron chi connectivity index (χ0n) is 16.3. The van der Waals surface area contributed by atoms with E-state index in [0.29, 0.717) is 16.8 Å². The lowest BCUT2D eigenvalue weighted by Crippen LogP contribution is -2.29. The SMILES string of the molecule is COc1ccc(C2=CC=C(c3nc4cc(C(=O)NO)ccc4o3)C(F)(OC)C2)cc1. The third-order valence-corrected chi connectivity index (χ3v) is 5.04. The van der Waals surface area contributed by atoms with Gasteiger partial charge in [0.2, 0.25) is 11.7 Å². The number of alkyl halides is 1. The lowest BCUT2D eigenvalue weighted by atomic mass is 9.89. The number of rotatable bonds is 5. The lowest BCUT2D eigenvalue weighted by Gasteiger charge is -2.29. The van der Waals surface area contributed by atoms with E-state index in [1.54, 1.807) is 24.7 Å². The molecule has 3 aromatic rings. The number of nitrogens with zero attached hydrogens (tertiary/aromatic N) is 1. The van der Waals surface area contributed by atoms with Gasteiger partial charge >= 0.3 is 0 Å². The predicted octanol–water partition coefficient (Wildman–Crippen LogP) is 4.14. The molecule has 1 amide bonds. The van der Waals surface area contributed by atoms with Crippen molar-refractivity contribution in [2.45, 2.75) is 12.3 Å². The molecule has 154 valence electrons. The Labute approximate surface area is 171 Å². The summed E-state index contributed by atoms with van der Waals surface area (Å²) < 4.78 is 31.9. The number of hydrogen-bond acceptors (Lipinski definition) is 6. The summed E-state index contributed by atoms with van der Waals surface area (Å²) in [6.45, 7) is 0. The monoisotopic (exact) mass is 410 g/mol. The molecule has 4 rings (SSSR count). The van der Waals surface area contributed by atoms with Crippen LogP contribution in [0.1, 0.15) is 28.2 Å². The molecule has 1 aromatic heterocycles. The summed E-state index contributed by atoms with van der Waals surface area (Å²) in [5, 5.41) is 8.79. The molecule has 1 aliphatic carbocycles. The molecule has 1 aliphatic rings. The standard InChI is InChI=1S/C22H19FN2O5/c1-28-16-7-3-13(4-8-16)15-5-9-17(22(23,12-15)29-2)21-24-18-11-14(20(26)25-27)6-10-19(18)30-21/h3-11,27H,12H2,1-2H3,(H,25,26). The predicted molar refractivity (Wildman–Crippen MR) is 108 cm³/mol. The van der Waals surface area contributed by atoms with Gasteiger partial charge in [-0.3, -0.25) is 10.0 Å². The van der Waals surface area contributed by atoms with Gasteiger partial charge in [-0.1, -0.05) is 18.2 Å². The van der Waals surface area contributed by atoms with Crippen molar-refractivity contribution in [2.24, 2.45) is 0 Å². The van der Waals surface area contributed by atoms with Gasteiger partial charge in [-0.15, -0.1) is 0 Å². The average Bonchev–Trinajstić information content (AvgIpc) is 3.21. The molecule has 0 saturated carbocycles. The number of oxazole rings is 1. The van der Waals surface area contributed by atoms with Gasteiger partial charge in [0.05, 0.1) is 12.7 Å². The van der Waals surface area contributed by atoms with E-state index in [2.05, 4.69) is 4.98 Å². The Morgan fingerprint density at radius 2 is 1.97 bits per heavy atom. The second-order valence-electron chi connectivity index (χ2n) is 6.75. The molecule has 7 nitrogen and oxygen atoms in total. The molecule has 0 fully saturated rings. The van der Waals surface area contributed by atoms with Crippen LogP contribution in [0.3, 0.4) is 0 Å². The van der Waals surface area contributed by atoms with Gasteiger partial charge in [0.25, 0.3) is 5.91 Å². The molecule has 1 heterocycles. The normalized spacial score (nSPS) is 18.7. The van der Waals surface area contributed by atoms with E-state index in [1.165, 1.54) is 25.3 Å². The Balaban J connectivity index is 1.73. The van der Waals surface area contributed by atoms with E-state index < -0.39 is 11.8 Å². The maximum Gasteiger partial charge on any atom is 0.274 e. The van der Waals surface area contributed by atoms with Gasteiger partial charge in [0.1, 0.15) is 11.3 Å². The minimum Gasteiger partial charge on any atom is -0.497 e. The summed E-state index contributed by atoms with van der Waals surface area (Å²) in [5.41, 5.74) is 4.24. The lowest BCUT2D eigenvalue weighted by molar-refractivity contribution is -0.0664. The molecule has 1 atom stereocenters. The van der Waals surface area contributed by atoms with Crippen LogP contribution in [0.5, 0.6) is 5.75 Å². The molecule has 2 aromatic carbocycles. The number of carbonyl (C=O) groups excluding carboxylic acids is 1. The van der Waals surface area contributed by atoms with Crippen LogP contribution >= 0.6 is 0 Å². The smallest absolute Gasteiger partial charge is 0.274 e. The maximum atomic E-state index is 15.8. The Kier molecular flexibility index (Phi) is 5.11. The minimum absolute atomic E-state index is 0.0292. The van der Waals surface area contributed by atoms with Gasteiger partial charge in [-0.05, 0) is 47.5 Å². The Bertz CT molecular complexity index is 1170. The molecular formula is C22H19FN2O5. The van der Waals surface area contributed by atoms with E-state index >= 15 is 4.39 Å². The third kappa shape index (κ3) is 3.47. The molecule has 30 heavy (non-hydrogen) atoms. The molecule has 8 heteroatoms. The van der Waals surface area contributed by atoms with Crippen molar-refractivity contribution in [3.05, 3.63) is 71.6 Å². The van der Waals surface area contributed by atoms with Crippen LogP contribution in [0.2, 0.25) is 0 Å². The van der Waals surface area contributed by atoms with E-state index in [-0.39, 0.29) is 23.4 Å². The quantitative estimate of drug-likeness (QED) is 0.485. The highest BCUT2D eigenvalue weighted by Crippen LogP contribution is 2.43. The van der Waals surface area contributed by atoms with Crippen LogP contribution in [0, 0.1) is 0 Å². The van der Waals surface area contributed by atoms with Crippen molar-refractivity contribution in [3.63, 3.8) is 0 Å². The van der Waals surface area contributed by atoms with Crippen LogP contribution < -0.4 is 10.2 Å². The number of allylic oxidation sites excluding steroid dienone is 2. The fourth-order valence-electron chi connectivity index (χ4n) is 3.37. The van der Waals surface area contributed by atoms with Gasteiger partial charge in [0, 0.05) is 19.1 Å². The summed E-state index contributed by atoms with van der Waals surface area (Å²) in [7, 11) is 2.87. The second kappa shape index (κ2) is 7.74. The van der Waals surface area contributed by atoms with E-state index in [4.69, 9.17) is 19.1 Å². The van der Waals surface area contributed by atoms with Crippen LogP contribution in [0.15, 0.2) is 59.0 Å². The largest absolute Gasteiger partial charge is 0.497 e. The number of carbonyl (C=O) groups is 1. The van der Waals surface area contributed by atoms with Gasteiger partial charge in [0.15, 0.2) is 5.58 Å². The summed E-state index contributed by atoms with van der Waals surface area (Å²) in [5.74, 6) is -2.05. The Morgan fingerprint density at radius 1 is 1.20 bits per heavy atom. The molecule has 0 saturated heterocycles. The molecule has 2 N–H and O–H groups in total. The van der Waals surface area contributed by atoms with Gasteiger partial charge in [-0.25, -0.2) is 14.9 Å². The van der Waals surface area contributed by atoms with Crippen LogP contribution in [-0.4, -0.2) is 36.2 Å². The molecular weight excluding hydrogens is 391 g/mol. The zero-order valence-corrected chi connectivity index (χ0v) is 16.3. The maximum absolute atomic E-state index is 15.8. The number of ether oxygens (including phenoxy) is 2. The van der Waals surface area contributed by atoms with E-state index in [1.807, 2.05) is 24.3 Å². The van der Waals surface area contributed by atoms with Gasteiger partial charge < -0.3 is 13.9 Å². The molecule has 1 unspecified atom stereocenters. The van der Waals surface area contributed by atoms with E-state index in [0.717, 1.165) is 11.1 Å². The van der Waals surface area contributed by atoms with Crippen molar-refractivity contribution in [3.8, 4) is 5.75 Å². The summed E-state index contributed by atoms with van der Waals surface area (Å²) >= 11 is 0. The fraction of sp³-hybridized carbons (Fsp3) is 0.182. The van der Waals surface area contributed by atoms with Crippen LogP contribution in [0.25, 0.3) is 22.2 Å². The minimum atomic E-state index is -2.14. The summed E-state index contributed by atoms with van der Waals surface area (Å²) in [4.78, 5) is 15.9. The van der Waals surface area contributed by atoms with Crippen molar-refractivity contribution in [2.75, 3.05) is 14.2 Å². The zero-order chi connectivity index (χ0) is 21.3. The van der Waals surface area contributed by atoms with Crippen LogP contribution in [0.4, 0.5) is 4.39 Å². The fourth-order valence-corrected chi connectivity index (χ4v) is 3.37. The summed E-state index contributed by atoms with van der Waals surface area (Å²) in [6.07, 6.45) is 3.35. The number of amides is 1. The van der Waals surface area contributed by atoms with Crippen LogP contribution in [-0.2, 0) is 4.74 Å². The summed E-state index contributed by atoms with van der Waals surface area (Å²) in [6, 6.07) is 11.8. The molecule has 0 radical (unpaired) electrons. The highest BCUT2D eigenvalue weighted by molar-refractivity contribution is 5.96. The first-order valence-electron chi connectivity index (χ1n) is 9.12. The third-order valence-electron chi connectivity index (χ3n) is 5.04. The average molecular weight is 410 g/mol. The highest BCUT2D eigenvalue weighted by atomic mass is 19.2. The first-order chi connectivity index (χ1) is 14.5. The number of methoxy groups -OCH3 is 2. The van der Waals surface area contributed by atoms with E-state index in [9.17, 15) is 4.79 Å². The first kappa shape index (κ1) is 19.8. The molecule has 0 bridgehead atoms. The van der Waals surface area contributed by atoms with Gasteiger partial charge in [-0.2, -0.15) is 0 Å². The van der Waals surface area contributed by atoms with Crippen molar-refractivity contribution < 1.29 is 28.3 Å². The first-order valence-corrected chi connectivity index (χ1v) is 9.12. The number of hydrogen-bond donors (Lipinski definition) is 2. The number of aromatic nitrogens is 1. The number of hydroxylamine groups is 1. The number of halogens is 1. The highest BCUT2D eigenvalue weighted by Gasteiger charge is 2.41. The number of fused-ring (bicyclic) bond motifs is 1. The molecule has 0 aliphatic heterocycles. The Hall–Kier alpha value is -3.49. The number of benzene rings is 2. The molecule has 0 spiro atoms. The van der Waals surface area contributed by atoms with Crippen molar-refractivity contribution in [1.29, 1.82) is 0 Å². The second-order valence-corrected chi connectivity index (χ2v) is 6.75.